The van der Waals surface area contributed by atoms with E-state index >= 15 is 0 Å². The number of para-hydroxylation sites is 1. The summed E-state index contributed by atoms with van der Waals surface area (Å²) in [4.78, 5) is 13.0. The Morgan fingerprint density at radius 1 is 0.852 bits per heavy atom. The molecule has 8 heteroatoms. The van der Waals surface area contributed by atoms with Gasteiger partial charge in [0.1, 0.15) is 0 Å². The number of benzene rings is 1. The maximum atomic E-state index is 13.3. The monoisotopic (exact) mass is 390 g/mol. The van der Waals surface area contributed by atoms with Gasteiger partial charge in [-0.3, -0.25) is 0 Å². The van der Waals surface area contributed by atoms with E-state index in [1.54, 1.807) is 12.1 Å². The average Bonchev–Trinajstić information content (AvgIpc) is 3.23. The highest BCUT2D eigenvalue weighted by atomic mass is 32.1. The van der Waals surface area contributed by atoms with Crippen LogP contribution < -0.4 is 9.80 Å². The van der Waals surface area contributed by atoms with Gasteiger partial charge in [0.05, 0.1) is 10.6 Å². The van der Waals surface area contributed by atoms with Gasteiger partial charge in [0.2, 0.25) is 5.95 Å². The van der Waals surface area contributed by atoms with Gasteiger partial charge in [0.15, 0.2) is 5.69 Å². The number of aromatic nitrogens is 2. The number of piperazine rings is 1. The molecule has 0 N–H and O–H groups in total. The zero-order chi connectivity index (χ0) is 18.9. The second-order valence-corrected chi connectivity index (χ2v) is 7.17. The third-order valence-electron chi connectivity index (χ3n) is 4.46. The van der Waals surface area contributed by atoms with Gasteiger partial charge in [-0.15, -0.1) is 11.3 Å². The minimum Gasteiger partial charge on any atom is -0.368 e. The van der Waals surface area contributed by atoms with Gasteiger partial charge in [-0.2, -0.15) is 13.2 Å². The lowest BCUT2D eigenvalue weighted by atomic mass is 10.2. The number of rotatable bonds is 3. The Labute approximate surface area is 158 Å². The molecule has 1 fully saturated rings. The lowest BCUT2D eigenvalue weighted by Gasteiger charge is -2.36. The Balaban J connectivity index is 1.59. The molecule has 1 aliphatic heterocycles. The van der Waals surface area contributed by atoms with Crippen molar-refractivity contribution >= 4 is 23.0 Å². The largest absolute Gasteiger partial charge is 0.433 e. The molecule has 1 aliphatic rings. The van der Waals surface area contributed by atoms with Crippen LogP contribution >= 0.6 is 11.3 Å². The third-order valence-corrected chi connectivity index (χ3v) is 5.35. The van der Waals surface area contributed by atoms with Crippen molar-refractivity contribution in [1.29, 1.82) is 0 Å². The van der Waals surface area contributed by atoms with Gasteiger partial charge in [0.25, 0.3) is 0 Å². The molecule has 0 unspecified atom stereocenters. The molecule has 0 bridgehead atoms. The van der Waals surface area contributed by atoms with Gasteiger partial charge in [0, 0.05) is 31.9 Å². The number of thiophene rings is 1. The molecule has 4 nitrogen and oxygen atoms in total. The first-order chi connectivity index (χ1) is 13.0. The molecule has 3 heterocycles. The van der Waals surface area contributed by atoms with E-state index in [0.717, 1.165) is 11.8 Å². The van der Waals surface area contributed by atoms with Crippen LogP contribution in [0, 0.1) is 0 Å². The van der Waals surface area contributed by atoms with Crippen molar-refractivity contribution in [2.45, 2.75) is 6.18 Å². The molecule has 2 aromatic heterocycles. The van der Waals surface area contributed by atoms with Gasteiger partial charge in [-0.05, 0) is 29.6 Å². The smallest absolute Gasteiger partial charge is 0.368 e. The van der Waals surface area contributed by atoms with E-state index in [0.29, 0.717) is 36.8 Å². The van der Waals surface area contributed by atoms with Crippen molar-refractivity contribution in [2.24, 2.45) is 0 Å². The molecule has 27 heavy (non-hydrogen) atoms. The number of nitrogens with zero attached hydrogens (tertiary/aromatic N) is 4. The molecule has 0 amide bonds. The van der Waals surface area contributed by atoms with Crippen LogP contribution in [0.4, 0.5) is 24.8 Å². The Morgan fingerprint density at radius 2 is 1.56 bits per heavy atom. The molecular weight excluding hydrogens is 373 g/mol. The summed E-state index contributed by atoms with van der Waals surface area (Å²) in [5, 5.41) is 1.82. The molecule has 0 aliphatic carbocycles. The van der Waals surface area contributed by atoms with Crippen molar-refractivity contribution in [2.75, 3.05) is 36.0 Å². The van der Waals surface area contributed by atoms with Gasteiger partial charge < -0.3 is 9.80 Å². The maximum absolute atomic E-state index is 13.3. The van der Waals surface area contributed by atoms with Crippen molar-refractivity contribution in [3.8, 4) is 10.6 Å². The van der Waals surface area contributed by atoms with Crippen LogP contribution in [0.15, 0.2) is 53.9 Å². The third kappa shape index (κ3) is 3.90. The lowest BCUT2D eigenvalue weighted by molar-refractivity contribution is -0.141. The standard InChI is InChI=1S/C19H17F3N4S/c20-19(21,22)17-13-15(16-7-4-12-27-16)23-18(24-17)26-10-8-25(9-11-26)14-5-2-1-3-6-14/h1-7,12-13H,8-11H2. The molecule has 0 radical (unpaired) electrons. The average molecular weight is 390 g/mol. The fourth-order valence-corrected chi connectivity index (χ4v) is 3.76. The minimum atomic E-state index is -4.50. The summed E-state index contributed by atoms with van der Waals surface area (Å²) >= 11 is 1.36. The maximum Gasteiger partial charge on any atom is 0.433 e. The summed E-state index contributed by atoms with van der Waals surface area (Å²) < 4.78 is 40.0. The van der Waals surface area contributed by atoms with Crippen molar-refractivity contribution in [3.63, 3.8) is 0 Å². The number of halogens is 3. The second-order valence-electron chi connectivity index (χ2n) is 6.22. The van der Waals surface area contributed by atoms with Crippen molar-refractivity contribution in [3.05, 3.63) is 59.6 Å². The van der Waals surface area contributed by atoms with Crippen LogP contribution in [0.3, 0.4) is 0 Å². The summed E-state index contributed by atoms with van der Waals surface area (Å²) in [6.45, 7) is 2.55. The Hall–Kier alpha value is -2.61. The topological polar surface area (TPSA) is 32.3 Å². The quantitative estimate of drug-likeness (QED) is 0.657. The molecular formula is C19H17F3N4S. The molecule has 3 aromatic rings. The minimum absolute atomic E-state index is 0.140. The van der Waals surface area contributed by atoms with E-state index in [2.05, 4.69) is 14.9 Å². The van der Waals surface area contributed by atoms with Crippen molar-refractivity contribution in [1.82, 2.24) is 9.97 Å². The summed E-state index contributed by atoms with van der Waals surface area (Å²) in [5.74, 6) is 0.140. The van der Waals surface area contributed by atoms with Crippen LogP contribution in [0.1, 0.15) is 5.69 Å². The highest BCUT2D eigenvalue weighted by Gasteiger charge is 2.34. The predicted octanol–water partition coefficient (Wildman–Crippen LogP) is 4.55. The van der Waals surface area contributed by atoms with E-state index in [-0.39, 0.29) is 5.95 Å². The van der Waals surface area contributed by atoms with E-state index < -0.39 is 11.9 Å². The molecule has 1 saturated heterocycles. The molecule has 1 aromatic carbocycles. The SMILES string of the molecule is FC(F)(F)c1cc(-c2cccs2)nc(N2CCN(c3ccccc3)CC2)n1. The van der Waals surface area contributed by atoms with Gasteiger partial charge in [-0.1, -0.05) is 24.3 Å². The number of hydrogen-bond donors (Lipinski definition) is 0. The highest BCUT2D eigenvalue weighted by molar-refractivity contribution is 7.13. The molecule has 0 saturated carbocycles. The number of anilines is 2. The zero-order valence-electron chi connectivity index (χ0n) is 14.4. The second kappa shape index (κ2) is 7.19. The van der Waals surface area contributed by atoms with Gasteiger partial charge in [-0.25, -0.2) is 9.97 Å². The van der Waals surface area contributed by atoms with Crippen molar-refractivity contribution < 1.29 is 13.2 Å². The fourth-order valence-electron chi connectivity index (χ4n) is 3.08. The molecule has 4 rings (SSSR count). The number of hydrogen-bond acceptors (Lipinski definition) is 5. The summed E-state index contributed by atoms with van der Waals surface area (Å²) in [5.41, 5.74) is 0.524. The van der Waals surface area contributed by atoms with Crippen LogP contribution in [-0.4, -0.2) is 36.1 Å². The Morgan fingerprint density at radius 3 is 2.19 bits per heavy atom. The summed E-state index contributed by atoms with van der Waals surface area (Å²) in [6, 6.07) is 14.6. The van der Waals surface area contributed by atoms with Gasteiger partial charge >= 0.3 is 6.18 Å². The van der Waals surface area contributed by atoms with E-state index in [1.807, 2.05) is 40.6 Å². The number of alkyl halides is 3. The summed E-state index contributed by atoms with van der Waals surface area (Å²) in [7, 11) is 0. The summed E-state index contributed by atoms with van der Waals surface area (Å²) in [6.07, 6.45) is -4.50. The predicted molar refractivity (Wildman–Crippen MR) is 101 cm³/mol. The first-order valence-electron chi connectivity index (χ1n) is 8.56. The van der Waals surface area contributed by atoms with E-state index in [9.17, 15) is 13.2 Å². The lowest BCUT2D eigenvalue weighted by Crippen LogP contribution is -2.47. The van der Waals surface area contributed by atoms with E-state index in [4.69, 9.17) is 0 Å². The fraction of sp³-hybridized carbons (Fsp3) is 0.263. The molecule has 140 valence electrons. The van der Waals surface area contributed by atoms with Crippen LogP contribution in [-0.2, 0) is 6.18 Å². The molecule has 0 spiro atoms. The normalized spacial score (nSPS) is 15.2. The van der Waals surface area contributed by atoms with E-state index in [1.165, 1.54) is 11.3 Å². The Kier molecular flexibility index (Phi) is 4.73. The zero-order valence-corrected chi connectivity index (χ0v) is 15.2. The first kappa shape index (κ1) is 17.8. The molecule has 0 atom stereocenters. The highest BCUT2D eigenvalue weighted by Crippen LogP contribution is 2.33. The van der Waals surface area contributed by atoms with Crippen LogP contribution in [0.5, 0.6) is 0 Å². The van der Waals surface area contributed by atoms with Crippen LogP contribution in [0.2, 0.25) is 0 Å². The first-order valence-corrected chi connectivity index (χ1v) is 9.44. The van der Waals surface area contributed by atoms with Crippen LogP contribution in [0.25, 0.3) is 10.6 Å². The Bertz CT molecular complexity index is 889.